The number of benzene rings is 1. The molecule has 3 aromatic rings. The van der Waals surface area contributed by atoms with Crippen molar-refractivity contribution in [2.75, 3.05) is 50.3 Å². The van der Waals surface area contributed by atoms with E-state index in [9.17, 15) is 14.2 Å². The van der Waals surface area contributed by atoms with E-state index in [0.29, 0.717) is 36.6 Å². The van der Waals surface area contributed by atoms with Crippen LogP contribution in [0.5, 0.6) is 0 Å². The number of nitrogens with zero attached hydrogens (tertiary/aromatic N) is 3. The molecule has 0 radical (unpaired) electrons. The largest absolute Gasteiger partial charge is 0.471 e. The highest BCUT2D eigenvalue weighted by Gasteiger charge is 2.40. The van der Waals surface area contributed by atoms with Crippen LogP contribution in [0.4, 0.5) is 11.5 Å². The number of para-hydroxylation sites is 1. The zero-order valence-corrected chi connectivity index (χ0v) is 26.0. The second-order valence-electron chi connectivity index (χ2n) is 10.1. The van der Waals surface area contributed by atoms with Crippen LogP contribution in [0.25, 0.3) is 17.0 Å². The monoisotopic (exact) mass is 636 g/mol. The predicted octanol–water partition coefficient (Wildman–Crippen LogP) is 1.29. The van der Waals surface area contributed by atoms with Crippen molar-refractivity contribution in [1.82, 2.24) is 9.88 Å². The molecule has 0 atom stereocenters. The first-order chi connectivity index (χ1) is 20.7. The number of carbonyl (C=O) groups is 2. The summed E-state index contributed by atoms with van der Waals surface area (Å²) in [5, 5.41) is 19.6. The smallest absolute Gasteiger partial charge is 0.459 e. The van der Waals surface area contributed by atoms with Gasteiger partial charge in [-0.2, -0.15) is 0 Å². The number of fused-ring (bicyclic) bond motifs is 2. The summed E-state index contributed by atoms with van der Waals surface area (Å²) in [5.74, 6) is 0.169. The van der Waals surface area contributed by atoms with Crippen LogP contribution in [0, 0.1) is 6.92 Å². The Kier molecular flexibility index (Phi) is 13.6. The minimum atomic E-state index is -4.79. The van der Waals surface area contributed by atoms with Crippen LogP contribution in [-0.2, 0) is 25.2 Å². The van der Waals surface area contributed by atoms with E-state index in [2.05, 4.69) is 14.8 Å². The molecule has 4 rings (SSSR count). The molecule has 1 aliphatic heterocycles. The summed E-state index contributed by atoms with van der Waals surface area (Å²) in [6.07, 6.45) is 4.46. The van der Waals surface area contributed by atoms with Crippen molar-refractivity contribution in [2.45, 2.75) is 32.9 Å². The van der Waals surface area contributed by atoms with Crippen molar-refractivity contribution in [1.29, 1.82) is 0 Å². The number of aryl methyl sites for hydroxylation is 1. The number of nitrogens with one attached hydrogen (secondary N) is 1. The quantitative estimate of drug-likeness (QED) is 0.130. The molecule has 1 aliphatic rings. The molecule has 0 aliphatic carbocycles. The Morgan fingerprint density at radius 2 is 1.82 bits per heavy atom. The first-order valence-electron chi connectivity index (χ1n) is 13.5. The van der Waals surface area contributed by atoms with Crippen LogP contribution in [-0.4, -0.2) is 87.3 Å². The highest BCUT2D eigenvalue weighted by Crippen LogP contribution is 2.39. The van der Waals surface area contributed by atoms with Gasteiger partial charge in [-0.3, -0.25) is 19.0 Å². The van der Waals surface area contributed by atoms with E-state index in [1.807, 2.05) is 31.2 Å². The number of rotatable bonds is 9. The van der Waals surface area contributed by atoms with E-state index in [1.54, 1.807) is 33.0 Å². The number of pyridine rings is 1. The number of carbonyl (C=O) groups excluding carboxylic acids is 2. The summed E-state index contributed by atoms with van der Waals surface area (Å²) in [6, 6.07) is 9.39. The first-order valence-corrected chi connectivity index (χ1v) is 15.0. The molecule has 16 heteroatoms. The highest BCUT2D eigenvalue weighted by atomic mass is 31.2. The number of phosphoric ester groups is 1. The molecule has 3 heterocycles. The Hall–Kier alpha value is -3.66. The molecule has 2 amide bonds. The Balaban J connectivity index is 0.000000754. The van der Waals surface area contributed by atoms with Gasteiger partial charge in [-0.1, -0.05) is 18.2 Å². The Bertz CT molecular complexity index is 1480. The molecule has 1 aromatic carbocycles. The number of furan rings is 1. The van der Waals surface area contributed by atoms with Crippen molar-refractivity contribution < 1.29 is 43.1 Å². The zero-order valence-electron chi connectivity index (χ0n) is 25.1. The molecule has 15 nitrogen and oxygen atoms in total. The number of amides is 2. The number of phosphoric acid groups is 1. The highest BCUT2D eigenvalue weighted by molar-refractivity contribution is 7.46. The molecular weight excluding hydrogens is 595 g/mol. The maximum absolute atomic E-state index is 12.8. The van der Waals surface area contributed by atoms with Gasteiger partial charge in [-0.05, 0) is 44.5 Å². The van der Waals surface area contributed by atoms with Gasteiger partial charge < -0.3 is 46.1 Å². The van der Waals surface area contributed by atoms with Crippen molar-refractivity contribution >= 4 is 48.2 Å². The SMILES string of the molecule is Cc1c(CN(C)C(=O)/C=C/c2cnc3c(c2)NC(C)(C)C(=O)N3COP(=O)(O)O)oc2ccccc12.NCCO.NCCO. The van der Waals surface area contributed by atoms with Crippen molar-refractivity contribution in [3.8, 4) is 0 Å². The molecule has 0 saturated heterocycles. The molecule has 0 saturated carbocycles. The fourth-order valence-corrected chi connectivity index (χ4v) is 4.18. The Morgan fingerprint density at radius 1 is 1.20 bits per heavy atom. The molecule has 0 fully saturated rings. The van der Waals surface area contributed by atoms with Gasteiger partial charge in [0.25, 0.3) is 5.91 Å². The summed E-state index contributed by atoms with van der Waals surface area (Å²) in [4.78, 5) is 50.4. The van der Waals surface area contributed by atoms with E-state index in [0.717, 1.165) is 21.4 Å². The van der Waals surface area contributed by atoms with Gasteiger partial charge in [0.2, 0.25) is 5.91 Å². The van der Waals surface area contributed by atoms with E-state index < -0.39 is 26.0 Å². The van der Waals surface area contributed by atoms with Gasteiger partial charge in [0.05, 0.1) is 25.4 Å². The van der Waals surface area contributed by atoms with Gasteiger partial charge in [-0.15, -0.1) is 0 Å². The van der Waals surface area contributed by atoms with Gasteiger partial charge in [0.1, 0.15) is 23.6 Å². The lowest BCUT2D eigenvalue weighted by Gasteiger charge is -2.38. The van der Waals surface area contributed by atoms with Gasteiger partial charge in [0, 0.05) is 43.4 Å². The summed E-state index contributed by atoms with van der Waals surface area (Å²) >= 11 is 0. The fraction of sp³-hybridized carbons (Fsp3) is 0.393. The lowest BCUT2D eigenvalue weighted by Crippen LogP contribution is -2.54. The summed E-state index contributed by atoms with van der Waals surface area (Å²) in [6.45, 7) is 5.81. The number of hydrogen-bond acceptors (Lipinski definition) is 11. The summed E-state index contributed by atoms with van der Waals surface area (Å²) in [7, 11) is -3.11. The molecule has 44 heavy (non-hydrogen) atoms. The number of nitrogens with two attached hydrogens (primary N) is 2. The minimum Gasteiger partial charge on any atom is -0.459 e. The molecule has 0 bridgehead atoms. The lowest BCUT2D eigenvalue weighted by atomic mass is 9.99. The number of hydrogen-bond donors (Lipinski definition) is 7. The topological polar surface area (TPSA) is 238 Å². The van der Waals surface area contributed by atoms with E-state index in [-0.39, 0.29) is 24.9 Å². The predicted molar refractivity (Wildman–Crippen MR) is 166 cm³/mol. The van der Waals surface area contributed by atoms with Crippen molar-refractivity contribution in [3.63, 3.8) is 0 Å². The second-order valence-corrected chi connectivity index (χ2v) is 11.3. The van der Waals surface area contributed by atoms with Crippen LogP contribution >= 0.6 is 7.82 Å². The fourth-order valence-electron chi connectivity index (χ4n) is 3.91. The van der Waals surface area contributed by atoms with E-state index >= 15 is 0 Å². The third kappa shape index (κ3) is 10.2. The van der Waals surface area contributed by atoms with Crippen LogP contribution in [0.3, 0.4) is 0 Å². The lowest BCUT2D eigenvalue weighted by molar-refractivity contribution is -0.125. The van der Waals surface area contributed by atoms with Crippen LogP contribution in [0.2, 0.25) is 0 Å². The number of aromatic nitrogens is 1. The number of anilines is 2. The summed E-state index contributed by atoms with van der Waals surface area (Å²) in [5.41, 5.74) is 11.3. The minimum absolute atomic E-state index is 0.0972. The number of aliphatic hydroxyl groups is 2. The normalized spacial score (nSPS) is 13.9. The van der Waals surface area contributed by atoms with E-state index in [1.165, 1.54) is 17.2 Å². The van der Waals surface area contributed by atoms with Crippen LogP contribution < -0.4 is 21.7 Å². The van der Waals surface area contributed by atoms with Gasteiger partial charge >= 0.3 is 7.82 Å². The van der Waals surface area contributed by atoms with Gasteiger partial charge in [-0.25, -0.2) is 9.55 Å². The maximum Gasteiger partial charge on any atom is 0.471 e. The average molecular weight is 637 g/mol. The van der Waals surface area contributed by atoms with E-state index in [4.69, 9.17) is 35.9 Å². The molecular formula is C28H41N6O9P. The van der Waals surface area contributed by atoms with Crippen LogP contribution in [0.15, 0.2) is 47.0 Å². The standard InChI is InChI=1S/C24H27N4O7P.2C2H7NO/c1-15-17-7-5-6-8-19(17)35-20(15)13-27(4)21(29)10-9-16-11-18-22(25-12-16)28(14-34-36(31,32)33)23(30)24(2,3)26-18;2*3-1-2-4/h5-12,26H,13-14H2,1-4H3,(H2,31,32,33);2*4H,1-3H2/b10-9+;;. The van der Waals surface area contributed by atoms with Crippen molar-refractivity contribution in [2.24, 2.45) is 11.5 Å². The summed E-state index contributed by atoms with van der Waals surface area (Å²) < 4.78 is 21.6. The Morgan fingerprint density at radius 3 is 2.39 bits per heavy atom. The molecule has 9 N–H and O–H groups in total. The molecule has 0 spiro atoms. The first kappa shape index (κ1) is 36.5. The Labute approximate surface area is 255 Å². The third-order valence-electron chi connectivity index (χ3n) is 6.10. The molecule has 0 unspecified atom stereocenters. The van der Waals surface area contributed by atoms with Gasteiger partial charge in [0.15, 0.2) is 5.82 Å². The molecule has 2 aromatic heterocycles. The maximum atomic E-state index is 12.8. The van der Waals surface area contributed by atoms with Crippen LogP contribution in [0.1, 0.15) is 30.7 Å². The average Bonchev–Trinajstić information content (AvgIpc) is 3.30. The second kappa shape index (κ2) is 16.4. The molecule has 242 valence electrons. The number of aliphatic hydroxyl groups excluding tert-OH is 2. The third-order valence-corrected chi connectivity index (χ3v) is 6.55. The van der Waals surface area contributed by atoms with Crippen molar-refractivity contribution in [3.05, 3.63) is 59.5 Å². The zero-order chi connectivity index (χ0) is 33.1. The number of likely N-dealkylation sites (N-methyl/N-ethyl adjacent to an activating group) is 1.